The first-order chi connectivity index (χ1) is 11.1. The molecule has 1 amide bonds. The highest BCUT2D eigenvalue weighted by Gasteiger charge is 2.32. The number of carbonyl (C=O) groups is 1. The number of anilines is 2. The van der Waals surface area contributed by atoms with Crippen LogP contribution < -0.4 is 15.3 Å². The minimum absolute atomic E-state index is 0.219. The second-order valence-electron chi connectivity index (χ2n) is 4.79. The van der Waals surface area contributed by atoms with Gasteiger partial charge in [0.05, 0.1) is 18.0 Å². The number of amides is 1. The summed E-state index contributed by atoms with van der Waals surface area (Å²) in [4.78, 5) is 13.6. The van der Waals surface area contributed by atoms with E-state index < -0.39 is 13.7 Å². The lowest BCUT2D eigenvalue weighted by Crippen LogP contribution is -2.25. The lowest BCUT2D eigenvalue weighted by atomic mass is 10.3. The predicted molar refractivity (Wildman–Crippen MR) is 92.0 cm³/mol. The van der Waals surface area contributed by atoms with Crippen LogP contribution in [0.2, 0.25) is 0 Å². The van der Waals surface area contributed by atoms with Gasteiger partial charge in [-0.1, -0.05) is 30.0 Å². The molecule has 3 rings (SSSR count). The van der Waals surface area contributed by atoms with E-state index in [0.717, 1.165) is 9.79 Å². The third-order valence-electron chi connectivity index (χ3n) is 3.05. The van der Waals surface area contributed by atoms with Gasteiger partial charge in [-0.25, -0.2) is 9.88 Å². The zero-order chi connectivity index (χ0) is 16.3. The Balaban J connectivity index is 1.73. The van der Waals surface area contributed by atoms with Crippen molar-refractivity contribution >= 4 is 36.8 Å². The smallest absolute Gasteiger partial charge is 0.415 e. The van der Waals surface area contributed by atoms with Gasteiger partial charge in [0.15, 0.2) is 0 Å². The van der Waals surface area contributed by atoms with Gasteiger partial charge in [0, 0.05) is 9.79 Å². The highest BCUT2D eigenvalue weighted by molar-refractivity contribution is 7.99. The summed E-state index contributed by atoms with van der Waals surface area (Å²) in [5.41, 5.74) is 1.37. The van der Waals surface area contributed by atoms with Crippen LogP contribution in [0.5, 0.6) is 0 Å². The molecule has 0 saturated heterocycles. The van der Waals surface area contributed by atoms with E-state index >= 15 is 0 Å². The van der Waals surface area contributed by atoms with E-state index in [1.807, 2.05) is 48.5 Å². The molecule has 2 aromatic carbocycles. The average molecular weight is 349 g/mol. The maximum absolute atomic E-state index is 12.6. The lowest BCUT2D eigenvalue weighted by Gasteiger charge is -2.13. The molecule has 6 nitrogen and oxygen atoms in total. The van der Waals surface area contributed by atoms with Crippen molar-refractivity contribution in [3.63, 3.8) is 0 Å². The topological polar surface area (TPSA) is 79.5 Å². The Kier molecular flexibility index (Phi) is 4.50. The van der Waals surface area contributed by atoms with E-state index in [9.17, 15) is 9.36 Å². The Morgan fingerprint density at radius 2 is 1.87 bits per heavy atom. The quantitative estimate of drug-likeness (QED) is 0.704. The van der Waals surface area contributed by atoms with E-state index in [2.05, 4.69) is 15.3 Å². The summed E-state index contributed by atoms with van der Waals surface area (Å²) in [5, 5.41) is 8.00. The second-order valence-corrected chi connectivity index (χ2v) is 7.82. The molecule has 0 aliphatic carbocycles. The number of carbonyl (C=O) groups excluding carboxylic acids is 1. The van der Waals surface area contributed by atoms with E-state index in [0.29, 0.717) is 11.4 Å². The number of fused-ring (bicyclic) bond motifs is 1. The van der Waals surface area contributed by atoms with E-state index in [4.69, 9.17) is 4.74 Å². The highest BCUT2D eigenvalue weighted by atomic mass is 32.2. The van der Waals surface area contributed by atoms with Gasteiger partial charge in [0.2, 0.25) is 0 Å². The molecule has 2 aromatic rings. The first-order valence-electron chi connectivity index (χ1n) is 7.06. The molecule has 0 radical (unpaired) electrons. The molecule has 1 unspecified atom stereocenters. The van der Waals surface area contributed by atoms with E-state index in [1.165, 1.54) is 0 Å². The van der Waals surface area contributed by atoms with Crippen molar-refractivity contribution in [2.24, 2.45) is 0 Å². The Morgan fingerprint density at radius 3 is 2.61 bits per heavy atom. The Labute approximate surface area is 138 Å². The van der Waals surface area contributed by atoms with Gasteiger partial charge < -0.3 is 14.9 Å². The Hall–Kier alpha value is -2.11. The molecular formula is C15H16N3O3PS. The summed E-state index contributed by atoms with van der Waals surface area (Å²) in [5.74, 6) is 0. The van der Waals surface area contributed by atoms with Crippen LogP contribution in [0.25, 0.3) is 0 Å². The van der Waals surface area contributed by atoms with Crippen molar-refractivity contribution in [2.75, 3.05) is 16.8 Å². The fourth-order valence-corrected chi connectivity index (χ4v) is 4.54. The third-order valence-corrected chi connectivity index (χ3v) is 5.66. The van der Waals surface area contributed by atoms with Crippen molar-refractivity contribution in [1.29, 1.82) is 0 Å². The molecule has 1 aliphatic heterocycles. The van der Waals surface area contributed by atoms with Crippen molar-refractivity contribution in [1.82, 2.24) is 5.09 Å². The summed E-state index contributed by atoms with van der Waals surface area (Å²) in [6.07, 6.45) is -0.720. The molecule has 1 atom stereocenters. The van der Waals surface area contributed by atoms with Gasteiger partial charge in [0.25, 0.3) is 0 Å². The van der Waals surface area contributed by atoms with Crippen LogP contribution in [0.15, 0.2) is 58.3 Å². The van der Waals surface area contributed by atoms with Crippen LogP contribution in [0.4, 0.5) is 16.2 Å². The molecule has 8 heteroatoms. The van der Waals surface area contributed by atoms with Gasteiger partial charge in [0.1, 0.15) is 0 Å². The minimum Gasteiger partial charge on any atom is -0.450 e. The molecule has 23 heavy (non-hydrogen) atoms. The SMILES string of the molecule is CCOC(=O)NP1(=O)Nc2ccc(Sc3ccccc3)cc2N1. The molecule has 0 spiro atoms. The molecule has 0 saturated carbocycles. The van der Waals surface area contributed by atoms with E-state index in [1.54, 1.807) is 18.7 Å². The fourth-order valence-electron chi connectivity index (χ4n) is 2.12. The van der Waals surface area contributed by atoms with Crippen molar-refractivity contribution < 1.29 is 14.1 Å². The van der Waals surface area contributed by atoms with Crippen LogP contribution in [-0.4, -0.2) is 12.7 Å². The first-order valence-corrected chi connectivity index (χ1v) is 9.59. The van der Waals surface area contributed by atoms with Crippen molar-refractivity contribution in [3.05, 3.63) is 48.5 Å². The number of hydrogen-bond acceptors (Lipinski definition) is 4. The Bertz CT molecular complexity index is 770. The van der Waals surface area contributed by atoms with Crippen LogP contribution in [0, 0.1) is 0 Å². The Morgan fingerprint density at radius 1 is 1.13 bits per heavy atom. The molecule has 3 N–H and O–H groups in total. The maximum atomic E-state index is 12.6. The molecule has 1 heterocycles. The summed E-state index contributed by atoms with van der Waals surface area (Å²) < 4.78 is 17.3. The average Bonchev–Trinajstić information content (AvgIpc) is 2.83. The third kappa shape index (κ3) is 3.81. The predicted octanol–water partition coefficient (Wildman–Crippen LogP) is 4.53. The second kappa shape index (κ2) is 6.56. The largest absolute Gasteiger partial charge is 0.450 e. The summed E-state index contributed by atoms with van der Waals surface area (Å²) in [7, 11) is -3.27. The first kappa shape index (κ1) is 15.8. The van der Waals surface area contributed by atoms with E-state index in [-0.39, 0.29) is 6.61 Å². The van der Waals surface area contributed by atoms with Gasteiger partial charge in [-0.2, -0.15) is 0 Å². The fraction of sp³-hybridized carbons (Fsp3) is 0.133. The number of rotatable bonds is 4. The number of hydrogen-bond donors (Lipinski definition) is 3. The van der Waals surface area contributed by atoms with Crippen LogP contribution in [0.3, 0.4) is 0 Å². The molecule has 120 valence electrons. The molecule has 0 aromatic heterocycles. The normalized spacial score (nSPS) is 18.5. The molecule has 0 fully saturated rings. The zero-order valence-electron chi connectivity index (χ0n) is 12.4. The lowest BCUT2D eigenvalue weighted by molar-refractivity contribution is 0.158. The van der Waals surface area contributed by atoms with Gasteiger partial charge in [-0.3, -0.25) is 4.57 Å². The highest BCUT2D eigenvalue weighted by Crippen LogP contribution is 2.52. The van der Waals surface area contributed by atoms with Crippen LogP contribution in [0.1, 0.15) is 6.92 Å². The zero-order valence-corrected chi connectivity index (χ0v) is 14.1. The number of ether oxygens (including phenoxy) is 1. The summed E-state index contributed by atoms with van der Waals surface area (Å²) in [6.45, 7) is 1.91. The standard InChI is InChI=1S/C15H16N3O3PS/c1-2-21-15(19)18-22(20)16-13-9-8-12(10-14(13)17-22)23-11-6-4-3-5-7-11/h3-10H,2H2,1H3,(H3,16,17,18,19,20). The maximum Gasteiger partial charge on any atom is 0.415 e. The number of benzene rings is 2. The molecular weight excluding hydrogens is 333 g/mol. The van der Waals surface area contributed by atoms with Crippen LogP contribution in [-0.2, 0) is 9.30 Å². The summed E-state index contributed by atoms with van der Waals surface area (Å²) >= 11 is 1.61. The molecule has 1 aliphatic rings. The minimum atomic E-state index is -3.27. The van der Waals surface area contributed by atoms with Crippen LogP contribution >= 0.6 is 19.4 Å². The van der Waals surface area contributed by atoms with Crippen molar-refractivity contribution in [2.45, 2.75) is 16.7 Å². The number of nitrogens with one attached hydrogen (secondary N) is 3. The molecule has 0 bridgehead atoms. The van der Waals surface area contributed by atoms with Gasteiger partial charge in [-0.15, -0.1) is 0 Å². The van der Waals surface area contributed by atoms with Gasteiger partial charge in [-0.05, 0) is 37.3 Å². The van der Waals surface area contributed by atoms with Gasteiger partial charge >= 0.3 is 13.7 Å². The monoisotopic (exact) mass is 349 g/mol. The van der Waals surface area contributed by atoms with Crippen molar-refractivity contribution in [3.8, 4) is 0 Å². The summed E-state index contributed by atoms with van der Waals surface area (Å²) in [6, 6.07) is 15.6.